The van der Waals surface area contributed by atoms with E-state index in [9.17, 15) is 9.59 Å². The maximum Gasteiger partial charge on any atom is 0.359 e. The predicted octanol–water partition coefficient (Wildman–Crippen LogP) is 2.46. The molecule has 0 spiro atoms. The van der Waals surface area contributed by atoms with Crippen molar-refractivity contribution < 1.29 is 14.3 Å². The minimum absolute atomic E-state index is 0.282. The first-order chi connectivity index (χ1) is 8.99. The highest BCUT2D eigenvalue weighted by Gasteiger charge is 2.22. The topological polar surface area (TPSA) is 61.2 Å². The number of carbonyl (C=O) groups is 2. The Balaban J connectivity index is 2.69. The summed E-state index contributed by atoms with van der Waals surface area (Å²) >= 11 is 1.40. The van der Waals surface area contributed by atoms with Gasteiger partial charge in [-0.25, -0.2) is 9.78 Å². The van der Waals surface area contributed by atoms with Crippen LogP contribution in [0.5, 0.6) is 0 Å². The zero-order valence-corrected chi connectivity index (χ0v) is 12.0. The number of hydrogen-bond acceptors (Lipinski definition) is 5. The van der Waals surface area contributed by atoms with Crippen LogP contribution in [-0.4, -0.2) is 28.9 Å². The highest BCUT2D eigenvalue weighted by atomic mass is 32.1. The monoisotopic (exact) mass is 278 g/mol. The van der Waals surface area contributed by atoms with Crippen LogP contribution in [0, 0.1) is 20.8 Å². The first kappa shape index (κ1) is 13.5. The molecule has 0 saturated carbocycles. The molecule has 0 fully saturated rings. The van der Waals surface area contributed by atoms with Crippen molar-refractivity contribution in [3.8, 4) is 5.00 Å². The van der Waals surface area contributed by atoms with Crippen LogP contribution in [-0.2, 0) is 4.74 Å². The van der Waals surface area contributed by atoms with E-state index in [1.807, 2.05) is 25.3 Å². The lowest BCUT2D eigenvalue weighted by Crippen LogP contribution is -2.08. The zero-order chi connectivity index (χ0) is 14.2. The van der Waals surface area contributed by atoms with Crippen LogP contribution >= 0.6 is 11.3 Å². The third kappa shape index (κ3) is 2.19. The van der Waals surface area contributed by atoms with Crippen LogP contribution in [0.15, 0.2) is 6.07 Å². The first-order valence-electron chi connectivity index (χ1n) is 5.69. The number of hydrogen-bond donors (Lipinski definition) is 0. The van der Waals surface area contributed by atoms with Crippen molar-refractivity contribution in [2.45, 2.75) is 20.8 Å². The van der Waals surface area contributed by atoms with E-state index in [1.165, 1.54) is 18.4 Å². The zero-order valence-electron chi connectivity index (χ0n) is 11.2. The number of nitrogens with zero attached hydrogens (tertiary/aromatic N) is 2. The molecule has 0 bridgehead atoms. The van der Waals surface area contributed by atoms with E-state index in [1.54, 1.807) is 6.07 Å². The van der Waals surface area contributed by atoms with Gasteiger partial charge in [-0.05, 0) is 26.8 Å². The number of esters is 1. The summed E-state index contributed by atoms with van der Waals surface area (Å²) < 4.78 is 6.61. The van der Waals surface area contributed by atoms with Gasteiger partial charge in [-0.1, -0.05) is 0 Å². The summed E-state index contributed by atoms with van der Waals surface area (Å²) in [5.74, 6) is -0.473. The molecule has 0 aliphatic heterocycles. The van der Waals surface area contributed by atoms with Crippen LogP contribution in [0.3, 0.4) is 0 Å². The van der Waals surface area contributed by atoms with Crippen molar-refractivity contribution in [3.63, 3.8) is 0 Å². The fraction of sp³-hybridized carbons (Fsp3) is 0.308. The number of carbonyl (C=O) groups excluding carboxylic acids is 2. The summed E-state index contributed by atoms with van der Waals surface area (Å²) in [7, 11) is 1.33. The summed E-state index contributed by atoms with van der Waals surface area (Å²) in [5.41, 5.74) is 2.57. The smallest absolute Gasteiger partial charge is 0.359 e. The lowest BCUT2D eigenvalue weighted by molar-refractivity contribution is 0.0594. The molecule has 0 radical (unpaired) electrons. The second-order valence-corrected chi connectivity index (χ2v) is 5.34. The van der Waals surface area contributed by atoms with Crippen molar-refractivity contribution in [2.24, 2.45) is 0 Å². The minimum Gasteiger partial charge on any atom is -0.464 e. The van der Waals surface area contributed by atoms with Gasteiger partial charge in [0.15, 0.2) is 12.0 Å². The molecule has 0 N–H and O–H groups in total. The molecule has 5 nitrogen and oxygen atoms in total. The third-order valence-electron chi connectivity index (χ3n) is 2.90. The number of ether oxygens (including phenoxy) is 1. The summed E-state index contributed by atoms with van der Waals surface area (Å²) in [5, 5.41) is 1.46. The summed E-state index contributed by atoms with van der Waals surface area (Å²) in [6.45, 7) is 5.55. The molecule has 2 heterocycles. The molecule has 100 valence electrons. The van der Waals surface area contributed by atoms with Gasteiger partial charge in [-0.3, -0.25) is 4.79 Å². The third-order valence-corrected chi connectivity index (χ3v) is 3.85. The molecule has 0 atom stereocenters. The van der Waals surface area contributed by atoms with Crippen molar-refractivity contribution in [1.82, 2.24) is 9.55 Å². The number of thiazole rings is 1. The van der Waals surface area contributed by atoms with Crippen LogP contribution in [0.4, 0.5) is 0 Å². The maximum atomic E-state index is 11.8. The quantitative estimate of drug-likeness (QED) is 0.639. The van der Waals surface area contributed by atoms with E-state index >= 15 is 0 Å². The van der Waals surface area contributed by atoms with Crippen LogP contribution < -0.4 is 0 Å². The van der Waals surface area contributed by atoms with Gasteiger partial charge in [-0.2, -0.15) is 0 Å². The average molecular weight is 278 g/mol. The van der Waals surface area contributed by atoms with Crippen molar-refractivity contribution >= 4 is 23.6 Å². The molecule has 0 amide bonds. The summed E-state index contributed by atoms with van der Waals surface area (Å²) in [6.07, 6.45) is 0.810. The van der Waals surface area contributed by atoms with Gasteiger partial charge in [0.1, 0.15) is 5.00 Å². The van der Waals surface area contributed by atoms with Gasteiger partial charge in [0.2, 0.25) is 0 Å². The van der Waals surface area contributed by atoms with E-state index in [4.69, 9.17) is 4.74 Å². The normalized spacial score (nSPS) is 10.5. The number of aromatic nitrogens is 2. The molecule has 19 heavy (non-hydrogen) atoms. The SMILES string of the molecule is COC(=O)c1nc(C)sc1-n1c(C)cc(C=O)c1C. The van der Waals surface area contributed by atoms with Crippen LogP contribution in [0.2, 0.25) is 0 Å². The number of aryl methyl sites for hydroxylation is 2. The van der Waals surface area contributed by atoms with E-state index in [0.29, 0.717) is 10.6 Å². The Morgan fingerprint density at radius 1 is 1.42 bits per heavy atom. The predicted molar refractivity (Wildman–Crippen MR) is 72.4 cm³/mol. The maximum absolute atomic E-state index is 11.8. The Morgan fingerprint density at radius 2 is 2.11 bits per heavy atom. The van der Waals surface area contributed by atoms with Gasteiger partial charge in [-0.15, -0.1) is 11.3 Å². The fourth-order valence-corrected chi connectivity index (χ4v) is 3.03. The molecule has 6 heteroatoms. The van der Waals surface area contributed by atoms with Crippen LogP contribution in [0.1, 0.15) is 37.2 Å². The standard InChI is InChI=1S/C13H14N2O3S/c1-7-5-10(6-16)8(2)15(7)12-11(13(17)18-4)14-9(3)19-12/h5-6H,1-4H3. The molecule has 2 aromatic rings. The minimum atomic E-state index is -0.473. The molecule has 0 aromatic carbocycles. The molecule has 2 aromatic heterocycles. The lowest BCUT2D eigenvalue weighted by atomic mass is 10.3. The molecular formula is C13H14N2O3S. The highest BCUT2D eigenvalue weighted by Crippen LogP contribution is 2.28. The number of methoxy groups -OCH3 is 1. The second kappa shape index (κ2) is 4.97. The number of rotatable bonds is 3. The van der Waals surface area contributed by atoms with Crippen LogP contribution in [0.25, 0.3) is 5.00 Å². The fourth-order valence-electron chi connectivity index (χ4n) is 2.02. The Hall–Kier alpha value is -1.95. The molecule has 0 unspecified atom stereocenters. The van der Waals surface area contributed by atoms with Gasteiger partial charge in [0.25, 0.3) is 0 Å². The van der Waals surface area contributed by atoms with Crippen molar-refractivity contribution in [2.75, 3.05) is 7.11 Å². The van der Waals surface area contributed by atoms with E-state index in [0.717, 1.165) is 22.7 Å². The van der Waals surface area contributed by atoms with Gasteiger partial charge >= 0.3 is 5.97 Å². The Labute approximate surface area is 114 Å². The molecule has 0 aliphatic carbocycles. The van der Waals surface area contributed by atoms with Gasteiger partial charge in [0.05, 0.1) is 12.1 Å². The van der Waals surface area contributed by atoms with E-state index in [-0.39, 0.29) is 5.69 Å². The first-order valence-corrected chi connectivity index (χ1v) is 6.51. The lowest BCUT2D eigenvalue weighted by Gasteiger charge is -2.07. The van der Waals surface area contributed by atoms with Crippen molar-refractivity contribution in [3.05, 3.63) is 33.7 Å². The Bertz CT molecular complexity index is 655. The summed E-state index contributed by atoms with van der Waals surface area (Å²) in [4.78, 5) is 27.0. The number of aldehydes is 1. The van der Waals surface area contributed by atoms with Gasteiger partial charge in [0, 0.05) is 17.0 Å². The van der Waals surface area contributed by atoms with Crippen molar-refractivity contribution in [1.29, 1.82) is 0 Å². The molecule has 0 aliphatic rings. The Kier molecular flexibility index (Phi) is 3.53. The largest absolute Gasteiger partial charge is 0.464 e. The molecular weight excluding hydrogens is 264 g/mol. The van der Waals surface area contributed by atoms with E-state index in [2.05, 4.69) is 4.98 Å². The van der Waals surface area contributed by atoms with Gasteiger partial charge < -0.3 is 9.30 Å². The van der Waals surface area contributed by atoms with E-state index < -0.39 is 5.97 Å². The Morgan fingerprint density at radius 3 is 2.63 bits per heavy atom. The second-order valence-electron chi connectivity index (χ2n) is 4.16. The highest BCUT2D eigenvalue weighted by molar-refractivity contribution is 7.14. The summed E-state index contributed by atoms with van der Waals surface area (Å²) in [6, 6.07) is 1.79. The molecule has 0 saturated heterocycles. The molecule has 2 rings (SSSR count). The average Bonchev–Trinajstić information content (AvgIpc) is 2.88.